The fraction of sp³-hybridized carbons (Fsp3) is 0.450. The molecule has 2 aromatic rings. The summed E-state index contributed by atoms with van der Waals surface area (Å²) in [5, 5.41) is 3.30. The molecule has 25 heavy (non-hydrogen) atoms. The molecule has 4 nitrogen and oxygen atoms in total. The molecule has 5 heteroatoms. The van der Waals surface area contributed by atoms with E-state index in [1.54, 1.807) is 0 Å². The molecule has 0 saturated carbocycles. The summed E-state index contributed by atoms with van der Waals surface area (Å²) in [6.07, 6.45) is 2.22. The Morgan fingerprint density at radius 3 is 2.64 bits per heavy atom. The summed E-state index contributed by atoms with van der Waals surface area (Å²) in [6, 6.07) is 12.9. The Morgan fingerprint density at radius 2 is 1.96 bits per heavy atom. The lowest BCUT2D eigenvalue weighted by molar-refractivity contribution is 0.0697. The quantitative estimate of drug-likeness (QED) is 0.906. The summed E-state index contributed by atoms with van der Waals surface area (Å²) in [6.45, 7) is 6.62. The molecule has 1 fully saturated rings. The van der Waals surface area contributed by atoms with Crippen molar-refractivity contribution in [2.24, 2.45) is 0 Å². The van der Waals surface area contributed by atoms with E-state index in [2.05, 4.69) is 48.0 Å². The molecule has 0 spiro atoms. The molecule has 1 aromatic carbocycles. The molecule has 1 N–H and O–H groups in total. The number of hydrogen-bond acceptors (Lipinski definition) is 2. The van der Waals surface area contributed by atoms with Gasteiger partial charge >= 0.3 is 0 Å². The van der Waals surface area contributed by atoms with E-state index < -0.39 is 0 Å². The van der Waals surface area contributed by atoms with Gasteiger partial charge in [-0.25, -0.2) is 0 Å². The predicted molar refractivity (Wildman–Crippen MR) is 105 cm³/mol. The maximum absolute atomic E-state index is 13.0. The van der Waals surface area contributed by atoms with Crippen molar-refractivity contribution in [2.45, 2.75) is 39.3 Å². The van der Waals surface area contributed by atoms with E-state index in [9.17, 15) is 4.79 Å². The van der Waals surface area contributed by atoms with Crippen molar-refractivity contribution < 1.29 is 4.79 Å². The first-order valence-electron chi connectivity index (χ1n) is 8.77. The van der Waals surface area contributed by atoms with Gasteiger partial charge in [0.25, 0.3) is 5.91 Å². The number of aromatic nitrogens is 1. The molecule has 1 amide bonds. The number of rotatable bonds is 4. The van der Waals surface area contributed by atoms with Crippen LogP contribution < -0.4 is 5.32 Å². The highest BCUT2D eigenvalue weighted by Crippen LogP contribution is 2.21. The predicted octanol–water partition coefficient (Wildman–Crippen LogP) is 3.40. The molecule has 1 aliphatic rings. The van der Waals surface area contributed by atoms with Crippen LogP contribution in [0.2, 0.25) is 0 Å². The second-order valence-corrected chi connectivity index (χ2v) is 6.74. The highest BCUT2D eigenvalue weighted by molar-refractivity contribution is 5.95. The Kier molecular flexibility index (Phi) is 6.68. The summed E-state index contributed by atoms with van der Waals surface area (Å²) in [4.78, 5) is 15.0. The van der Waals surface area contributed by atoms with E-state index in [-0.39, 0.29) is 18.3 Å². The fourth-order valence-electron chi connectivity index (χ4n) is 3.59. The van der Waals surface area contributed by atoms with Crippen molar-refractivity contribution in [1.82, 2.24) is 14.8 Å². The van der Waals surface area contributed by atoms with Gasteiger partial charge in [0.2, 0.25) is 0 Å². The lowest BCUT2D eigenvalue weighted by atomic mass is 10.0. The van der Waals surface area contributed by atoms with Crippen LogP contribution in [0, 0.1) is 13.8 Å². The van der Waals surface area contributed by atoms with Gasteiger partial charge in [-0.15, -0.1) is 12.4 Å². The Labute approximate surface area is 156 Å². The number of nitrogens with zero attached hydrogens (tertiary/aromatic N) is 2. The number of carbonyl (C=O) groups excluding carboxylic acids is 1. The largest absolute Gasteiger partial charge is 0.344 e. The third kappa shape index (κ3) is 4.25. The molecule has 1 saturated heterocycles. The fourth-order valence-corrected chi connectivity index (χ4v) is 3.59. The zero-order valence-corrected chi connectivity index (χ0v) is 16.1. The number of carbonyl (C=O) groups is 1. The Morgan fingerprint density at radius 1 is 1.24 bits per heavy atom. The first-order valence-corrected chi connectivity index (χ1v) is 8.77. The maximum atomic E-state index is 13.0. The van der Waals surface area contributed by atoms with Gasteiger partial charge in [-0.05, 0) is 45.4 Å². The van der Waals surface area contributed by atoms with E-state index >= 15 is 0 Å². The van der Waals surface area contributed by atoms with Gasteiger partial charge in [0.15, 0.2) is 0 Å². The SMILES string of the molecule is CNC1CCCN(C(=O)c2cc(C)n(Cc3ccccc3)c2C)C1.Cl. The summed E-state index contributed by atoms with van der Waals surface area (Å²) >= 11 is 0. The van der Waals surface area contributed by atoms with Gasteiger partial charge < -0.3 is 14.8 Å². The summed E-state index contributed by atoms with van der Waals surface area (Å²) < 4.78 is 2.24. The van der Waals surface area contributed by atoms with Gasteiger partial charge in [0, 0.05) is 37.1 Å². The van der Waals surface area contributed by atoms with Crippen LogP contribution in [-0.4, -0.2) is 41.6 Å². The number of nitrogens with one attached hydrogen (secondary N) is 1. The molecule has 1 unspecified atom stereocenters. The summed E-state index contributed by atoms with van der Waals surface area (Å²) in [5.41, 5.74) is 4.31. The van der Waals surface area contributed by atoms with Crippen molar-refractivity contribution in [2.75, 3.05) is 20.1 Å². The van der Waals surface area contributed by atoms with Crippen LogP contribution in [0.15, 0.2) is 36.4 Å². The van der Waals surface area contributed by atoms with E-state index in [0.717, 1.165) is 49.4 Å². The molecule has 1 atom stereocenters. The lowest BCUT2D eigenvalue weighted by Crippen LogP contribution is -2.47. The van der Waals surface area contributed by atoms with Crippen LogP contribution in [-0.2, 0) is 6.54 Å². The molecule has 1 aliphatic heterocycles. The van der Waals surface area contributed by atoms with Crippen molar-refractivity contribution in [1.29, 1.82) is 0 Å². The molecule has 136 valence electrons. The van der Waals surface area contributed by atoms with Gasteiger partial charge in [0.05, 0.1) is 5.56 Å². The average Bonchev–Trinajstić information content (AvgIpc) is 2.90. The van der Waals surface area contributed by atoms with Gasteiger partial charge in [-0.1, -0.05) is 30.3 Å². The first kappa shape index (κ1) is 19.5. The van der Waals surface area contributed by atoms with E-state index in [4.69, 9.17) is 0 Å². The number of piperidine rings is 1. The number of likely N-dealkylation sites (N-methyl/N-ethyl adjacent to an activating group) is 1. The van der Waals surface area contributed by atoms with Crippen LogP contribution in [0.25, 0.3) is 0 Å². The number of likely N-dealkylation sites (tertiary alicyclic amines) is 1. The smallest absolute Gasteiger partial charge is 0.255 e. The molecule has 0 radical (unpaired) electrons. The zero-order valence-electron chi connectivity index (χ0n) is 15.3. The normalized spacial score (nSPS) is 17.2. The monoisotopic (exact) mass is 361 g/mol. The average molecular weight is 362 g/mol. The summed E-state index contributed by atoms with van der Waals surface area (Å²) in [5.74, 6) is 0.169. The lowest BCUT2D eigenvalue weighted by Gasteiger charge is -2.32. The highest BCUT2D eigenvalue weighted by Gasteiger charge is 2.26. The topological polar surface area (TPSA) is 37.3 Å². The molecule has 0 aliphatic carbocycles. The number of amides is 1. The number of aryl methyl sites for hydroxylation is 1. The Hall–Kier alpha value is -1.78. The molecule has 2 heterocycles. The third-order valence-corrected chi connectivity index (χ3v) is 5.10. The van der Waals surface area contributed by atoms with Crippen LogP contribution >= 0.6 is 12.4 Å². The first-order chi connectivity index (χ1) is 11.6. The minimum atomic E-state index is 0. The van der Waals surface area contributed by atoms with Crippen molar-refractivity contribution in [3.05, 3.63) is 58.9 Å². The van der Waals surface area contributed by atoms with Crippen molar-refractivity contribution >= 4 is 18.3 Å². The van der Waals surface area contributed by atoms with Crippen LogP contribution in [0.1, 0.15) is 40.2 Å². The van der Waals surface area contributed by atoms with Gasteiger partial charge in [-0.2, -0.15) is 0 Å². The maximum Gasteiger partial charge on any atom is 0.255 e. The standard InChI is InChI=1S/C20H27N3O.ClH/c1-15-12-19(20(24)22-11-7-10-18(14-22)21-3)16(2)23(15)13-17-8-5-4-6-9-17;/h4-6,8-9,12,18,21H,7,10-11,13-14H2,1-3H3;1H. The van der Waals surface area contributed by atoms with E-state index in [0.29, 0.717) is 6.04 Å². The second-order valence-electron chi connectivity index (χ2n) is 6.74. The molecular weight excluding hydrogens is 334 g/mol. The number of hydrogen-bond donors (Lipinski definition) is 1. The van der Waals surface area contributed by atoms with Crippen LogP contribution in [0.3, 0.4) is 0 Å². The molecule has 0 bridgehead atoms. The molecule has 3 rings (SSSR count). The summed E-state index contributed by atoms with van der Waals surface area (Å²) in [7, 11) is 1.98. The Bertz CT molecular complexity index is 711. The molecule has 1 aromatic heterocycles. The van der Waals surface area contributed by atoms with Crippen molar-refractivity contribution in [3.8, 4) is 0 Å². The van der Waals surface area contributed by atoms with E-state index in [1.807, 2.05) is 24.1 Å². The van der Waals surface area contributed by atoms with Crippen LogP contribution in [0.5, 0.6) is 0 Å². The molecular formula is C20H28ClN3O. The van der Waals surface area contributed by atoms with Crippen molar-refractivity contribution in [3.63, 3.8) is 0 Å². The zero-order chi connectivity index (χ0) is 17.1. The van der Waals surface area contributed by atoms with Gasteiger partial charge in [0.1, 0.15) is 0 Å². The second kappa shape index (κ2) is 8.54. The van der Waals surface area contributed by atoms with E-state index in [1.165, 1.54) is 5.56 Å². The van der Waals surface area contributed by atoms with Gasteiger partial charge in [-0.3, -0.25) is 4.79 Å². The number of halogens is 1. The minimum absolute atomic E-state index is 0. The highest BCUT2D eigenvalue weighted by atomic mass is 35.5. The Balaban J connectivity index is 0.00000225. The number of benzene rings is 1. The van der Waals surface area contributed by atoms with Crippen LogP contribution in [0.4, 0.5) is 0 Å². The minimum Gasteiger partial charge on any atom is -0.344 e. The third-order valence-electron chi connectivity index (χ3n) is 5.10.